The number of nitrogens with zero attached hydrogens (tertiary/aromatic N) is 2. The zero-order chi connectivity index (χ0) is 14.5. The van der Waals surface area contributed by atoms with Crippen molar-refractivity contribution >= 4 is 5.97 Å². The molecule has 20 heavy (non-hydrogen) atoms. The SMILES string of the molecule is COC(=O)C1CN(Cc2ccc(F)c(C#N)c2)CCO1. The standard InChI is InChI=1S/C14H15FN2O3/c1-19-14(18)13-9-17(4-5-20-13)8-10-2-3-12(15)11(6-10)7-16/h2-3,6,13H,4-5,8-9H2,1H3. The Kier molecular flexibility index (Phi) is 4.66. The predicted octanol–water partition coefficient (Wildman–Crippen LogP) is 1.07. The molecule has 1 aromatic carbocycles. The van der Waals surface area contributed by atoms with Crippen molar-refractivity contribution in [2.24, 2.45) is 0 Å². The third kappa shape index (κ3) is 3.32. The molecule has 1 fully saturated rings. The van der Waals surface area contributed by atoms with E-state index in [0.717, 1.165) is 5.56 Å². The van der Waals surface area contributed by atoms with Crippen molar-refractivity contribution in [2.75, 3.05) is 26.8 Å². The monoisotopic (exact) mass is 278 g/mol. The number of hydrogen-bond acceptors (Lipinski definition) is 5. The summed E-state index contributed by atoms with van der Waals surface area (Å²) in [6, 6.07) is 6.26. The highest BCUT2D eigenvalue weighted by Crippen LogP contribution is 2.14. The summed E-state index contributed by atoms with van der Waals surface area (Å²) in [6.45, 7) is 2.07. The fraction of sp³-hybridized carbons (Fsp3) is 0.429. The van der Waals surface area contributed by atoms with Crippen LogP contribution in [-0.2, 0) is 20.8 Å². The average Bonchev–Trinajstić information content (AvgIpc) is 2.48. The van der Waals surface area contributed by atoms with E-state index in [1.165, 1.54) is 19.2 Å². The minimum Gasteiger partial charge on any atom is -0.467 e. The second-order valence-electron chi connectivity index (χ2n) is 4.54. The van der Waals surface area contributed by atoms with Crippen molar-refractivity contribution in [3.05, 3.63) is 35.1 Å². The molecule has 6 heteroatoms. The van der Waals surface area contributed by atoms with Gasteiger partial charge in [-0.1, -0.05) is 6.07 Å². The Labute approximate surface area is 116 Å². The summed E-state index contributed by atoms with van der Waals surface area (Å²) in [7, 11) is 1.32. The molecule has 0 saturated carbocycles. The van der Waals surface area contributed by atoms with Crippen LogP contribution in [0.4, 0.5) is 4.39 Å². The van der Waals surface area contributed by atoms with Crippen LogP contribution in [0, 0.1) is 17.1 Å². The highest BCUT2D eigenvalue weighted by molar-refractivity contribution is 5.74. The number of carbonyl (C=O) groups is 1. The van der Waals surface area contributed by atoms with Crippen molar-refractivity contribution in [2.45, 2.75) is 12.6 Å². The van der Waals surface area contributed by atoms with Gasteiger partial charge in [-0.15, -0.1) is 0 Å². The van der Waals surface area contributed by atoms with Crippen LogP contribution in [0.1, 0.15) is 11.1 Å². The summed E-state index contributed by atoms with van der Waals surface area (Å²) in [5.74, 6) is -0.919. The molecule has 0 bridgehead atoms. The van der Waals surface area contributed by atoms with E-state index in [0.29, 0.717) is 26.2 Å². The lowest BCUT2D eigenvalue weighted by atomic mass is 10.1. The van der Waals surface area contributed by atoms with E-state index in [1.807, 2.05) is 11.0 Å². The smallest absolute Gasteiger partial charge is 0.336 e. The summed E-state index contributed by atoms with van der Waals surface area (Å²) in [6.07, 6.45) is -0.593. The van der Waals surface area contributed by atoms with Gasteiger partial charge in [-0.05, 0) is 17.7 Å². The number of halogens is 1. The van der Waals surface area contributed by atoms with Gasteiger partial charge in [-0.25, -0.2) is 9.18 Å². The zero-order valence-electron chi connectivity index (χ0n) is 11.1. The van der Waals surface area contributed by atoms with Crippen LogP contribution >= 0.6 is 0 Å². The number of carbonyl (C=O) groups excluding carboxylic acids is 1. The van der Waals surface area contributed by atoms with Crippen LogP contribution in [0.5, 0.6) is 0 Å². The molecule has 5 nitrogen and oxygen atoms in total. The lowest BCUT2D eigenvalue weighted by Crippen LogP contribution is -2.46. The molecule has 1 aliphatic rings. The zero-order valence-corrected chi connectivity index (χ0v) is 11.1. The van der Waals surface area contributed by atoms with Gasteiger partial charge in [0, 0.05) is 19.6 Å². The van der Waals surface area contributed by atoms with Crippen molar-refractivity contribution < 1.29 is 18.7 Å². The molecule has 0 radical (unpaired) electrons. The van der Waals surface area contributed by atoms with E-state index in [1.54, 1.807) is 6.07 Å². The Morgan fingerprint density at radius 1 is 1.65 bits per heavy atom. The average molecular weight is 278 g/mol. The first-order chi connectivity index (χ1) is 9.63. The van der Waals surface area contributed by atoms with Gasteiger partial charge < -0.3 is 9.47 Å². The van der Waals surface area contributed by atoms with Crippen molar-refractivity contribution in [3.8, 4) is 6.07 Å². The first kappa shape index (κ1) is 14.4. The maximum absolute atomic E-state index is 13.2. The van der Waals surface area contributed by atoms with Gasteiger partial charge in [0.2, 0.25) is 0 Å². The number of rotatable bonds is 3. The number of morpholine rings is 1. The second kappa shape index (κ2) is 6.46. The summed E-state index contributed by atoms with van der Waals surface area (Å²) in [4.78, 5) is 13.5. The highest BCUT2D eigenvalue weighted by atomic mass is 19.1. The van der Waals surface area contributed by atoms with Crippen LogP contribution in [0.25, 0.3) is 0 Å². The molecule has 1 saturated heterocycles. The molecule has 0 aromatic heterocycles. The van der Waals surface area contributed by atoms with Gasteiger partial charge >= 0.3 is 5.97 Å². The van der Waals surface area contributed by atoms with Crippen LogP contribution in [0.15, 0.2) is 18.2 Å². The van der Waals surface area contributed by atoms with Crippen molar-refractivity contribution in [1.82, 2.24) is 4.90 Å². The Balaban J connectivity index is 2.03. The van der Waals surface area contributed by atoms with Gasteiger partial charge in [0.15, 0.2) is 6.10 Å². The van der Waals surface area contributed by atoms with Gasteiger partial charge in [0.25, 0.3) is 0 Å². The van der Waals surface area contributed by atoms with E-state index in [4.69, 9.17) is 10.00 Å². The Morgan fingerprint density at radius 3 is 3.15 bits per heavy atom. The Morgan fingerprint density at radius 2 is 2.45 bits per heavy atom. The van der Waals surface area contributed by atoms with E-state index < -0.39 is 17.9 Å². The molecule has 0 spiro atoms. The molecule has 0 amide bonds. The van der Waals surface area contributed by atoms with Gasteiger partial charge in [0.1, 0.15) is 11.9 Å². The van der Waals surface area contributed by atoms with E-state index in [-0.39, 0.29) is 5.56 Å². The van der Waals surface area contributed by atoms with E-state index in [9.17, 15) is 9.18 Å². The fourth-order valence-corrected chi connectivity index (χ4v) is 2.13. The maximum atomic E-state index is 13.2. The maximum Gasteiger partial charge on any atom is 0.336 e. The molecule has 0 N–H and O–H groups in total. The molecule has 106 valence electrons. The molecule has 1 unspecified atom stereocenters. The highest BCUT2D eigenvalue weighted by Gasteiger charge is 2.27. The third-order valence-corrected chi connectivity index (χ3v) is 3.17. The Bertz CT molecular complexity index is 542. The molecule has 2 rings (SSSR count). The molecular formula is C14H15FN2O3. The Hall–Kier alpha value is -1.97. The van der Waals surface area contributed by atoms with Crippen molar-refractivity contribution in [1.29, 1.82) is 5.26 Å². The largest absolute Gasteiger partial charge is 0.467 e. The number of benzene rings is 1. The van der Waals surface area contributed by atoms with E-state index in [2.05, 4.69) is 4.74 Å². The number of hydrogen-bond donors (Lipinski definition) is 0. The minimum absolute atomic E-state index is 0.0280. The first-order valence-electron chi connectivity index (χ1n) is 6.24. The quantitative estimate of drug-likeness (QED) is 0.774. The molecule has 0 aliphatic carbocycles. The van der Waals surface area contributed by atoms with Crippen LogP contribution < -0.4 is 0 Å². The number of esters is 1. The summed E-state index contributed by atoms with van der Waals surface area (Å²) >= 11 is 0. The first-order valence-corrected chi connectivity index (χ1v) is 6.24. The van der Waals surface area contributed by atoms with Crippen LogP contribution in [0.2, 0.25) is 0 Å². The number of nitriles is 1. The fourth-order valence-electron chi connectivity index (χ4n) is 2.13. The summed E-state index contributed by atoms with van der Waals surface area (Å²) < 4.78 is 23.2. The number of ether oxygens (including phenoxy) is 2. The predicted molar refractivity (Wildman–Crippen MR) is 68.1 cm³/mol. The molecule has 1 atom stereocenters. The lowest BCUT2D eigenvalue weighted by molar-refractivity contribution is -0.160. The molecule has 1 aromatic rings. The van der Waals surface area contributed by atoms with Crippen LogP contribution in [-0.4, -0.2) is 43.8 Å². The third-order valence-electron chi connectivity index (χ3n) is 3.17. The summed E-state index contributed by atoms with van der Waals surface area (Å²) in [5, 5.41) is 8.81. The summed E-state index contributed by atoms with van der Waals surface area (Å²) in [5.41, 5.74) is 0.855. The molecule has 1 aliphatic heterocycles. The minimum atomic E-state index is -0.593. The lowest BCUT2D eigenvalue weighted by Gasteiger charge is -2.31. The van der Waals surface area contributed by atoms with E-state index >= 15 is 0 Å². The van der Waals surface area contributed by atoms with Gasteiger partial charge in [0.05, 0.1) is 19.3 Å². The van der Waals surface area contributed by atoms with Gasteiger partial charge in [-0.2, -0.15) is 5.26 Å². The molecular weight excluding hydrogens is 263 g/mol. The molecule has 1 heterocycles. The van der Waals surface area contributed by atoms with Crippen molar-refractivity contribution in [3.63, 3.8) is 0 Å². The van der Waals surface area contributed by atoms with Crippen LogP contribution in [0.3, 0.4) is 0 Å². The number of methoxy groups -OCH3 is 1. The topological polar surface area (TPSA) is 62.6 Å². The van der Waals surface area contributed by atoms with Gasteiger partial charge in [-0.3, -0.25) is 4.90 Å². The second-order valence-corrected chi connectivity index (χ2v) is 4.54. The normalized spacial score (nSPS) is 19.4.